The molecule has 1 unspecified atom stereocenters. The fourth-order valence-electron chi connectivity index (χ4n) is 2.73. The first-order chi connectivity index (χ1) is 9.47. The number of aliphatic hydroxyl groups is 1. The Balaban J connectivity index is 2.37. The summed E-state index contributed by atoms with van der Waals surface area (Å²) in [4.78, 5) is 0.290. The van der Waals surface area contributed by atoms with Gasteiger partial charge in [0.25, 0.3) is 0 Å². The van der Waals surface area contributed by atoms with Gasteiger partial charge in [0.1, 0.15) is 0 Å². The van der Waals surface area contributed by atoms with Crippen LogP contribution in [0.25, 0.3) is 0 Å². The van der Waals surface area contributed by atoms with Crippen LogP contribution in [0.1, 0.15) is 46.6 Å². The minimum atomic E-state index is -3.57. The monoisotopic (exact) mass is 311 g/mol. The number of aliphatic hydroxyl groups excluding tert-OH is 1. The lowest BCUT2D eigenvalue weighted by Crippen LogP contribution is -2.47. The van der Waals surface area contributed by atoms with Gasteiger partial charge in [-0.05, 0) is 43.4 Å². The van der Waals surface area contributed by atoms with Crippen molar-refractivity contribution in [2.75, 3.05) is 6.54 Å². The topological polar surface area (TPSA) is 57.6 Å². The quantitative estimate of drug-likeness (QED) is 0.913. The normalized spacial score (nSPS) is 23.4. The van der Waals surface area contributed by atoms with E-state index in [0.717, 1.165) is 5.56 Å². The van der Waals surface area contributed by atoms with Gasteiger partial charge in [-0.3, -0.25) is 0 Å². The van der Waals surface area contributed by atoms with Crippen molar-refractivity contribution in [1.29, 1.82) is 0 Å². The molecule has 1 atom stereocenters. The van der Waals surface area contributed by atoms with Gasteiger partial charge in [-0.1, -0.05) is 32.9 Å². The SMILES string of the molecule is CC(C)(C)c1ccc(S(=O)(=O)N2CCC(O)C2(C)C)cc1. The van der Waals surface area contributed by atoms with Crippen molar-refractivity contribution in [2.45, 2.75) is 63.0 Å². The third-order valence-corrected chi connectivity index (χ3v) is 6.47. The molecular weight excluding hydrogens is 286 g/mol. The molecule has 1 aliphatic heterocycles. The molecule has 21 heavy (non-hydrogen) atoms. The Labute approximate surface area is 127 Å². The summed E-state index contributed by atoms with van der Waals surface area (Å²) in [6, 6.07) is 7.06. The van der Waals surface area contributed by atoms with Crippen LogP contribution in [0.3, 0.4) is 0 Å². The van der Waals surface area contributed by atoms with Crippen molar-refractivity contribution < 1.29 is 13.5 Å². The smallest absolute Gasteiger partial charge is 0.243 e. The van der Waals surface area contributed by atoms with Gasteiger partial charge in [-0.15, -0.1) is 0 Å². The molecule has 118 valence electrons. The van der Waals surface area contributed by atoms with Gasteiger partial charge in [-0.2, -0.15) is 4.31 Å². The van der Waals surface area contributed by atoms with Gasteiger partial charge < -0.3 is 5.11 Å². The first-order valence-electron chi connectivity index (χ1n) is 7.29. The van der Waals surface area contributed by atoms with E-state index < -0.39 is 21.7 Å². The third-order valence-electron chi connectivity index (χ3n) is 4.37. The molecule has 0 radical (unpaired) electrons. The van der Waals surface area contributed by atoms with E-state index in [0.29, 0.717) is 13.0 Å². The maximum atomic E-state index is 12.8. The second kappa shape index (κ2) is 5.07. The molecule has 0 spiro atoms. The molecule has 0 amide bonds. The van der Waals surface area contributed by atoms with E-state index in [-0.39, 0.29) is 10.3 Å². The fourth-order valence-corrected chi connectivity index (χ4v) is 4.55. The van der Waals surface area contributed by atoms with Gasteiger partial charge in [-0.25, -0.2) is 8.42 Å². The van der Waals surface area contributed by atoms with Crippen molar-refractivity contribution in [3.8, 4) is 0 Å². The van der Waals surface area contributed by atoms with E-state index >= 15 is 0 Å². The van der Waals surface area contributed by atoms with Crippen LogP contribution in [0.15, 0.2) is 29.2 Å². The Morgan fingerprint density at radius 3 is 2.10 bits per heavy atom. The lowest BCUT2D eigenvalue weighted by atomic mass is 9.87. The molecule has 2 rings (SSSR count). The molecule has 1 N–H and O–H groups in total. The first kappa shape index (κ1) is 16.5. The number of benzene rings is 1. The minimum absolute atomic E-state index is 0.00853. The van der Waals surface area contributed by atoms with Crippen LogP contribution in [-0.4, -0.2) is 36.0 Å². The van der Waals surface area contributed by atoms with E-state index in [1.165, 1.54) is 4.31 Å². The van der Waals surface area contributed by atoms with Crippen LogP contribution in [0, 0.1) is 0 Å². The molecule has 1 aliphatic rings. The Kier molecular flexibility index (Phi) is 3.98. The summed E-state index contributed by atoms with van der Waals surface area (Å²) >= 11 is 0. The number of nitrogens with zero attached hydrogens (tertiary/aromatic N) is 1. The van der Waals surface area contributed by atoms with E-state index in [1.807, 2.05) is 12.1 Å². The largest absolute Gasteiger partial charge is 0.391 e. The molecule has 0 aliphatic carbocycles. The zero-order chi connectivity index (χ0) is 16.1. The number of hydrogen-bond donors (Lipinski definition) is 1. The summed E-state index contributed by atoms with van der Waals surface area (Å²) in [6.45, 7) is 10.2. The molecule has 5 heteroatoms. The molecule has 0 bridgehead atoms. The van der Waals surface area contributed by atoms with Crippen LogP contribution in [0.2, 0.25) is 0 Å². The van der Waals surface area contributed by atoms with Gasteiger partial charge in [0.15, 0.2) is 0 Å². The Morgan fingerprint density at radius 2 is 1.71 bits per heavy atom. The maximum absolute atomic E-state index is 12.8. The second-order valence-corrected chi connectivity index (χ2v) is 9.17. The lowest BCUT2D eigenvalue weighted by molar-refractivity contribution is 0.0901. The highest BCUT2D eigenvalue weighted by molar-refractivity contribution is 7.89. The van der Waals surface area contributed by atoms with Crippen LogP contribution in [0.4, 0.5) is 0 Å². The van der Waals surface area contributed by atoms with Gasteiger partial charge in [0.05, 0.1) is 16.5 Å². The van der Waals surface area contributed by atoms with E-state index in [9.17, 15) is 13.5 Å². The third kappa shape index (κ3) is 2.87. The summed E-state index contributed by atoms with van der Waals surface area (Å²) < 4.78 is 27.0. The molecule has 0 saturated carbocycles. The summed E-state index contributed by atoms with van der Waals surface area (Å²) in [5.74, 6) is 0. The first-order valence-corrected chi connectivity index (χ1v) is 8.73. The summed E-state index contributed by atoms with van der Waals surface area (Å²) in [7, 11) is -3.57. The average Bonchev–Trinajstić information content (AvgIpc) is 2.63. The predicted octanol–water partition coefficient (Wildman–Crippen LogP) is 2.52. The molecule has 1 aromatic rings. The standard InChI is InChI=1S/C16H25NO3S/c1-15(2,3)12-6-8-13(9-7-12)21(19,20)17-11-10-14(18)16(17,4)5/h6-9,14,18H,10-11H2,1-5H3. The lowest BCUT2D eigenvalue weighted by Gasteiger charge is -2.32. The van der Waals surface area contributed by atoms with Crippen molar-refractivity contribution >= 4 is 10.0 Å². The highest BCUT2D eigenvalue weighted by Crippen LogP contribution is 2.34. The van der Waals surface area contributed by atoms with E-state index in [2.05, 4.69) is 20.8 Å². The Hall–Kier alpha value is -0.910. The van der Waals surface area contributed by atoms with Crippen LogP contribution in [-0.2, 0) is 15.4 Å². The molecule has 0 aromatic heterocycles. The molecule has 1 fully saturated rings. The maximum Gasteiger partial charge on any atom is 0.243 e. The van der Waals surface area contributed by atoms with Gasteiger partial charge in [0.2, 0.25) is 10.0 Å². The van der Waals surface area contributed by atoms with Crippen molar-refractivity contribution in [1.82, 2.24) is 4.31 Å². The zero-order valence-corrected chi connectivity index (χ0v) is 14.2. The minimum Gasteiger partial charge on any atom is -0.391 e. The highest BCUT2D eigenvalue weighted by Gasteiger charge is 2.46. The number of hydrogen-bond acceptors (Lipinski definition) is 3. The fraction of sp³-hybridized carbons (Fsp3) is 0.625. The molecule has 1 heterocycles. The van der Waals surface area contributed by atoms with Crippen molar-refractivity contribution in [3.63, 3.8) is 0 Å². The average molecular weight is 311 g/mol. The Bertz CT molecular complexity index is 612. The highest BCUT2D eigenvalue weighted by atomic mass is 32.2. The van der Waals surface area contributed by atoms with Gasteiger partial charge in [0, 0.05) is 6.54 Å². The van der Waals surface area contributed by atoms with E-state index in [4.69, 9.17) is 0 Å². The molecule has 1 saturated heterocycles. The molecule has 4 nitrogen and oxygen atoms in total. The van der Waals surface area contributed by atoms with Crippen molar-refractivity contribution in [3.05, 3.63) is 29.8 Å². The molecular formula is C16H25NO3S. The number of rotatable bonds is 2. The predicted molar refractivity (Wildman–Crippen MR) is 83.7 cm³/mol. The van der Waals surface area contributed by atoms with E-state index in [1.54, 1.807) is 26.0 Å². The Morgan fingerprint density at radius 1 is 1.19 bits per heavy atom. The number of sulfonamides is 1. The summed E-state index contributed by atoms with van der Waals surface area (Å²) in [5.41, 5.74) is 0.328. The van der Waals surface area contributed by atoms with Crippen molar-refractivity contribution in [2.24, 2.45) is 0 Å². The zero-order valence-electron chi connectivity index (χ0n) is 13.4. The molecule has 1 aromatic carbocycles. The summed E-state index contributed by atoms with van der Waals surface area (Å²) in [5, 5.41) is 9.98. The second-order valence-electron chi connectivity index (χ2n) is 7.31. The summed E-state index contributed by atoms with van der Waals surface area (Å²) in [6.07, 6.45) is -0.145. The van der Waals surface area contributed by atoms with Gasteiger partial charge >= 0.3 is 0 Å². The van der Waals surface area contributed by atoms with Crippen LogP contribution >= 0.6 is 0 Å². The van der Waals surface area contributed by atoms with Crippen LogP contribution in [0.5, 0.6) is 0 Å². The van der Waals surface area contributed by atoms with Crippen LogP contribution < -0.4 is 0 Å².